The molecule has 3 rings (SSSR count). The van der Waals surface area contributed by atoms with Crippen molar-refractivity contribution in [3.05, 3.63) is 52.4 Å². The van der Waals surface area contributed by atoms with Crippen LogP contribution in [0.3, 0.4) is 0 Å². The Bertz CT molecular complexity index is 998. The van der Waals surface area contributed by atoms with E-state index in [1.54, 1.807) is 30.5 Å². The van der Waals surface area contributed by atoms with Crippen LogP contribution in [0.5, 0.6) is 0 Å². The molecule has 1 aromatic carbocycles. The van der Waals surface area contributed by atoms with Gasteiger partial charge in [0.05, 0.1) is 5.92 Å². The van der Waals surface area contributed by atoms with Crippen molar-refractivity contribution in [1.29, 1.82) is 0 Å². The van der Waals surface area contributed by atoms with Crippen molar-refractivity contribution in [2.45, 2.75) is 43.9 Å². The number of carbonyl (C=O) groups excluding carboxylic acids is 2. The van der Waals surface area contributed by atoms with Crippen molar-refractivity contribution in [2.75, 3.05) is 13.1 Å². The molecule has 0 radical (unpaired) electrons. The number of hydrogen-bond acceptors (Lipinski definition) is 6. The van der Waals surface area contributed by atoms with Gasteiger partial charge in [0.25, 0.3) is 10.0 Å². The fraction of sp³-hybridized carbons (Fsp3) is 0.429. The lowest BCUT2D eigenvalue weighted by molar-refractivity contribution is -0.152. The summed E-state index contributed by atoms with van der Waals surface area (Å²) in [5.41, 5.74) is 2.32. The smallest absolute Gasteiger partial charge is 0.310 e. The largest absolute Gasteiger partial charge is 0.454 e. The molecule has 2 aromatic rings. The Labute approximate surface area is 175 Å². The number of ketones is 1. The fourth-order valence-electron chi connectivity index (χ4n) is 3.43. The number of carbonyl (C=O) groups is 2. The Hall–Kier alpha value is -2.03. The van der Waals surface area contributed by atoms with Crippen LogP contribution in [0, 0.1) is 19.8 Å². The molecular formula is C21H25NO5S2. The predicted molar refractivity (Wildman–Crippen MR) is 112 cm³/mol. The molecule has 1 aliphatic rings. The third kappa shape index (κ3) is 4.76. The summed E-state index contributed by atoms with van der Waals surface area (Å²) in [6.45, 7) is 5.75. The number of benzene rings is 1. The number of hydrogen-bond donors (Lipinski definition) is 0. The lowest BCUT2D eigenvalue weighted by atomic mass is 9.98. The molecule has 2 atom stereocenters. The zero-order valence-corrected chi connectivity index (χ0v) is 18.4. The molecule has 6 nitrogen and oxygen atoms in total. The van der Waals surface area contributed by atoms with Gasteiger partial charge >= 0.3 is 5.97 Å². The zero-order valence-electron chi connectivity index (χ0n) is 16.8. The first-order chi connectivity index (χ1) is 13.7. The quantitative estimate of drug-likeness (QED) is 0.512. The summed E-state index contributed by atoms with van der Waals surface area (Å²) in [4.78, 5) is 25.4. The third-order valence-corrected chi connectivity index (χ3v) is 8.37. The van der Waals surface area contributed by atoms with Crippen LogP contribution in [-0.2, 0) is 19.6 Å². The average molecular weight is 436 g/mol. The van der Waals surface area contributed by atoms with E-state index in [-0.39, 0.29) is 16.5 Å². The molecule has 1 saturated heterocycles. The molecular weight excluding hydrogens is 410 g/mol. The Morgan fingerprint density at radius 2 is 2.00 bits per heavy atom. The monoisotopic (exact) mass is 435 g/mol. The molecule has 29 heavy (non-hydrogen) atoms. The maximum Gasteiger partial charge on any atom is 0.310 e. The number of piperidine rings is 1. The van der Waals surface area contributed by atoms with Gasteiger partial charge in [0.1, 0.15) is 4.21 Å². The summed E-state index contributed by atoms with van der Waals surface area (Å²) in [5.74, 6) is -1.35. The van der Waals surface area contributed by atoms with Gasteiger partial charge < -0.3 is 4.74 Å². The van der Waals surface area contributed by atoms with E-state index >= 15 is 0 Å². The van der Waals surface area contributed by atoms with Crippen LogP contribution >= 0.6 is 11.3 Å². The van der Waals surface area contributed by atoms with Gasteiger partial charge in [-0.25, -0.2) is 8.42 Å². The number of esters is 1. The molecule has 8 heteroatoms. The van der Waals surface area contributed by atoms with E-state index in [1.165, 1.54) is 4.31 Å². The summed E-state index contributed by atoms with van der Waals surface area (Å²) in [5, 5.41) is 1.71. The summed E-state index contributed by atoms with van der Waals surface area (Å²) in [7, 11) is -3.61. The highest BCUT2D eigenvalue weighted by Gasteiger charge is 2.35. The van der Waals surface area contributed by atoms with Gasteiger partial charge in [-0.1, -0.05) is 23.8 Å². The number of rotatable bonds is 6. The van der Waals surface area contributed by atoms with Gasteiger partial charge in [0.15, 0.2) is 6.10 Å². The number of nitrogens with zero attached hydrogens (tertiary/aromatic N) is 1. The third-order valence-electron chi connectivity index (χ3n) is 5.13. The second kappa shape index (κ2) is 8.77. The maximum atomic E-state index is 12.7. The minimum absolute atomic E-state index is 0.0729. The first-order valence-electron chi connectivity index (χ1n) is 9.55. The maximum absolute atomic E-state index is 12.7. The van der Waals surface area contributed by atoms with Crippen LogP contribution in [0.25, 0.3) is 0 Å². The summed E-state index contributed by atoms with van der Waals surface area (Å²) >= 11 is 1.16. The second-order valence-electron chi connectivity index (χ2n) is 7.40. The second-order valence-corrected chi connectivity index (χ2v) is 10.5. The predicted octanol–water partition coefficient (Wildman–Crippen LogP) is 3.58. The molecule has 0 unspecified atom stereocenters. The summed E-state index contributed by atoms with van der Waals surface area (Å²) < 4.78 is 32.5. The Morgan fingerprint density at radius 1 is 1.24 bits per heavy atom. The standard InChI is InChI=1S/C21H25NO5S2/c1-14-8-9-15(2)18(12-14)20(23)16(3)27-21(24)17-6-4-10-22(13-17)29(25,26)19-7-5-11-28-19/h5,7-9,11-12,16-17H,4,6,10,13H2,1-3H3/t16-,17+/m1/s1. The Kier molecular flexibility index (Phi) is 6.55. The molecule has 2 heterocycles. The molecule has 0 bridgehead atoms. The Balaban J connectivity index is 1.67. The first-order valence-corrected chi connectivity index (χ1v) is 11.9. The van der Waals surface area contributed by atoms with Gasteiger partial charge in [0.2, 0.25) is 5.78 Å². The van der Waals surface area contributed by atoms with Crippen molar-refractivity contribution in [2.24, 2.45) is 5.92 Å². The molecule has 1 aliphatic heterocycles. The van der Waals surface area contributed by atoms with Gasteiger partial charge in [-0.3, -0.25) is 9.59 Å². The van der Waals surface area contributed by atoms with E-state index in [1.807, 2.05) is 26.0 Å². The van der Waals surface area contributed by atoms with Gasteiger partial charge in [0, 0.05) is 18.7 Å². The normalized spacial score (nSPS) is 18.9. The lowest BCUT2D eigenvalue weighted by Gasteiger charge is -2.30. The van der Waals surface area contributed by atoms with Crippen LogP contribution in [0.4, 0.5) is 0 Å². The van der Waals surface area contributed by atoms with Crippen LogP contribution in [0.15, 0.2) is 39.9 Å². The highest BCUT2D eigenvalue weighted by Crippen LogP contribution is 2.27. The van der Waals surface area contributed by atoms with E-state index in [9.17, 15) is 18.0 Å². The van der Waals surface area contributed by atoms with Gasteiger partial charge in [-0.15, -0.1) is 11.3 Å². The van der Waals surface area contributed by atoms with Crippen molar-refractivity contribution < 1.29 is 22.7 Å². The molecule has 1 fully saturated rings. The topological polar surface area (TPSA) is 80.8 Å². The van der Waals surface area contributed by atoms with E-state index in [2.05, 4.69) is 0 Å². The van der Waals surface area contributed by atoms with Crippen LogP contribution < -0.4 is 0 Å². The van der Waals surface area contributed by atoms with Crippen LogP contribution in [0.1, 0.15) is 41.3 Å². The average Bonchev–Trinajstić information content (AvgIpc) is 3.25. The zero-order chi connectivity index (χ0) is 21.2. The fourth-order valence-corrected chi connectivity index (χ4v) is 6.10. The van der Waals surface area contributed by atoms with Crippen molar-refractivity contribution in [1.82, 2.24) is 4.31 Å². The van der Waals surface area contributed by atoms with E-state index in [4.69, 9.17) is 4.74 Å². The molecule has 0 saturated carbocycles. The van der Waals surface area contributed by atoms with Crippen molar-refractivity contribution >= 4 is 33.1 Å². The minimum Gasteiger partial charge on any atom is -0.454 e. The van der Waals surface area contributed by atoms with E-state index in [0.29, 0.717) is 24.9 Å². The van der Waals surface area contributed by atoms with Crippen molar-refractivity contribution in [3.8, 4) is 0 Å². The number of thiophene rings is 1. The first kappa shape index (κ1) is 21.7. The van der Waals surface area contributed by atoms with Crippen molar-refractivity contribution in [3.63, 3.8) is 0 Å². The van der Waals surface area contributed by atoms with Gasteiger partial charge in [-0.2, -0.15) is 4.31 Å². The van der Waals surface area contributed by atoms with E-state index in [0.717, 1.165) is 22.5 Å². The van der Waals surface area contributed by atoms with Gasteiger partial charge in [-0.05, 0) is 56.7 Å². The highest BCUT2D eigenvalue weighted by molar-refractivity contribution is 7.91. The molecule has 156 valence electrons. The molecule has 0 aliphatic carbocycles. The highest BCUT2D eigenvalue weighted by atomic mass is 32.2. The number of ether oxygens (including phenoxy) is 1. The number of Topliss-reactive ketones (excluding diaryl/α,β-unsaturated/α-hetero) is 1. The summed E-state index contributed by atoms with van der Waals surface area (Å²) in [6, 6.07) is 8.83. The number of sulfonamides is 1. The Morgan fingerprint density at radius 3 is 2.69 bits per heavy atom. The molecule has 0 spiro atoms. The van der Waals surface area contributed by atoms with Crippen LogP contribution in [-0.4, -0.2) is 43.7 Å². The molecule has 0 N–H and O–H groups in total. The molecule has 1 aromatic heterocycles. The summed E-state index contributed by atoms with van der Waals surface area (Å²) in [6.07, 6.45) is 0.191. The lowest BCUT2D eigenvalue weighted by Crippen LogP contribution is -2.43. The molecule has 0 amide bonds. The SMILES string of the molecule is Cc1ccc(C)c(C(=O)[C@@H](C)OC(=O)[C@H]2CCCN(S(=O)(=O)c3cccs3)C2)c1. The number of aryl methyl sites for hydroxylation is 2. The minimum atomic E-state index is -3.61. The van der Waals surface area contributed by atoms with Crippen LogP contribution in [0.2, 0.25) is 0 Å². The van der Waals surface area contributed by atoms with E-state index < -0.39 is 28.0 Å².